The molecule has 1 N–H and O–H groups in total. The van der Waals surface area contributed by atoms with E-state index in [1.807, 2.05) is 6.92 Å². The Bertz CT molecular complexity index is 325. The summed E-state index contributed by atoms with van der Waals surface area (Å²) in [4.78, 5) is 9.74. The SMILES string of the molecule is CCOCC(O)Cn1ccc([N+](=O)[O-])n1. The predicted octanol–water partition coefficient (Wildman–Crippen LogP) is 0.189. The van der Waals surface area contributed by atoms with E-state index >= 15 is 0 Å². The lowest BCUT2D eigenvalue weighted by atomic mass is 10.4. The van der Waals surface area contributed by atoms with Crippen LogP contribution in [0.3, 0.4) is 0 Å². The first-order valence-electron chi connectivity index (χ1n) is 4.57. The number of rotatable bonds is 6. The molecule has 84 valence electrons. The van der Waals surface area contributed by atoms with Crippen molar-refractivity contribution in [3.05, 3.63) is 22.4 Å². The lowest BCUT2D eigenvalue weighted by Crippen LogP contribution is -2.22. The number of hydrogen-bond donors (Lipinski definition) is 1. The summed E-state index contributed by atoms with van der Waals surface area (Å²) < 4.78 is 6.32. The molecule has 1 heterocycles. The molecule has 1 rings (SSSR count). The van der Waals surface area contributed by atoms with Crippen molar-refractivity contribution in [2.45, 2.75) is 19.6 Å². The number of aliphatic hydroxyl groups is 1. The van der Waals surface area contributed by atoms with Gasteiger partial charge in [0, 0.05) is 6.61 Å². The predicted molar refractivity (Wildman–Crippen MR) is 51.4 cm³/mol. The van der Waals surface area contributed by atoms with Crippen molar-refractivity contribution in [2.75, 3.05) is 13.2 Å². The summed E-state index contributed by atoms with van der Waals surface area (Å²) in [5, 5.41) is 23.4. The maximum absolute atomic E-state index is 10.3. The third-order valence-electron chi connectivity index (χ3n) is 1.73. The minimum atomic E-state index is -0.704. The molecule has 0 aromatic carbocycles. The third-order valence-corrected chi connectivity index (χ3v) is 1.73. The monoisotopic (exact) mass is 215 g/mol. The minimum absolute atomic E-state index is 0.188. The van der Waals surface area contributed by atoms with Gasteiger partial charge in [0.25, 0.3) is 0 Å². The van der Waals surface area contributed by atoms with Gasteiger partial charge >= 0.3 is 5.82 Å². The van der Waals surface area contributed by atoms with E-state index in [4.69, 9.17) is 4.74 Å². The molecule has 0 amide bonds. The van der Waals surface area contributed by atoms with Crippen LogP contribution in [0.1, 0.15) is 6.92 Å². The number of aromatic nitrogens is 2. The smallest absolute Gasteiger partial charge is 0.389 e. The summed E-state index contributed by atoms with van der Waals surface area (Å²) in [5.74, 6) is -0.224. The maximum atomic E-state index is 10.3. The Morgan fingerprint density at radius 2 is 2.53 bits per heavy atom. The number of ether oxygens (including phenoxy) is 1. The molecule has 0 saturated heterocycles. The Hall–Kier alpha value is -1.47. The molecule has 0 spiro atoms. The summed E-state index contributed by atoms with van der Waals surface area (Å²) in [6.07, 6.45) is 0.747. The molecule has 7 nitrogen and oxygen atoms in total. The van der Waals surface area contributed by atoms with Crippen molar-refractivity contribution < 1.29 is 14.8 Å². The normalized spacial score (nSPS) is 12.7. The standard InChI is InChI=1S/C8H13N3O4/c1-2-15-6-7(12)5-10-4-3-8(9-10)11(13)14/h3-4,7,12H,2,5-6H2,1H3. The Morgan fingerprint density at radius 1 is 1.80 bits per heavy atom. The fraction of sp³-hybridized carbons (Fsp3) is 0.625. The summed E-state index contributed by atoms with van der Waals surface area (Å²) in [6.45, 7) is 2.74. The van der Waals surface area contributed by atoms with Crippen LogP contribution in [0, 0.1) is 10.1 Å². The van der Waals surface area contributed by atoms with Gasteiger partial charge in [0.05, 0.1) is 36.6 Å². The van der Waals surface area contributed by atoms with Crippen molar-refractivity contribution in [3.8, 4) is 0 Å². The van der Waals surface area contributed by atoms with Crippen LogP contribution in [0.15, 0.2) is 12.3 Å². The lowest BCUT2D eigenvalue weighted by Gasteiger charge is -2.07. The molecule has 0 aliphatic rings. The van der Waals surface area contributed by atoms with Gasteiger partial charge in [-0.25, -0.2) is 0 Å². The van der Waals surface area contributed by atoms with Crippen molar-refractivity contribution >= 4 is 5.82 Å². The molecular weight excluding hydrogens is 202 g/mol. The number of aliphatic hydroxyl groups excluding tert-OH is 1. The van der Waals surface area contributed by atoms with E-state index in [2.05, 4.69) is 5.10 Å². The molecule has 1 unspecified atom stereocenters. The van der Waals surface area contributed by atoms with Gasteiger partial charge in [0.15, 0.2) is 0 Å². The van der Waals surface area contributed by atoms with Crippen LogP contribution in [-0.2, 0) is 11.3 Å². The first-order valence-corrected chi connectivity index (χ1v) is 4.57. The zero-order valence-corrected chi connectivity index (χ0v) is 8.37. The summed E-state index contributed by atoms with van der Waals surface area (Å²) in [7, 11) is 0. The average Bonchev–Trinajstić information content (AvgIpc) is 2.63. The van der Waals surface area contributed by atoms with Gasteiger partial charge in [-0.05, 0) is 11.8 Å². The minimum Gasteiger partial charge on any atom is -0.389 e. The van der Waals surface area contributed by atoms with Gasteiger partial charge < -0.3 is 20.0 Å². The Kier molecular flexibility index (Phi) is 4.19. The van der Waals surface area contributed by atoms with Gasteiger partial charge in [-0.15, -0.1) is 0 Å². The lowest BCUT2D eigenvalue weighted by molar-refractivity contribution is -0.389. The third kappa shape index (κ3) is 3.64. The fourth-order valence-corrected chi connectivity index (χ4v) is 1.07. The molecule has 1 atom stereocenters. The molecule has 0 bridgehead atoms. The zero-order valence-electron chi connectivity index (χ0n) is 8.37. The highest BCUT2D eigenvalue weighted by Crippen LogP contribution is 2.05. The van der Waals surface area contributed by atoms with Crippen molar-refractivity contribution in [3.63, 3.8) is 0 Å². The van der Waals surface area contributed by atoms with Gasteiger partial charge in [0.1, 0.15) is 0 Å². The Labute approximate surface area is 86.4 Å². The van der Waals surface area contributed by atoms with E-state index in [0.29, 0.717) is 6.61 Å². The van der Waals surface area contributed by atoms with Crippen LogP contribution in [0.2, 0.25) is 0 Å². The average molecular weight is 215 g/mol. The molecule has 1 aromatic heterocycles. The number of nitro groups is 1. The van der Waals surface area contributed by atoms with E-state index in [-0.39, 0.29) is 19.0 Å². The van der Waals surface area contributed by atoms with Crippen LogP contribution in [0.25, 0.3) is 0 Å². The van der Waals surface area contributed by atoms with Gasteiger partial charge in [-0.2, -0.15) is 4.68 Å². The Morgan fingerprint density at radius 3 is 3.07 bits per heavy atom. The summed E-state index contributed by atoms with van der Waals surface area (Å²) >= 11 is 0. The summed E-state index contributed by atoms with van der Waals surface area (Å²) in [6, 6.07) is 1.29. The molecule has 1 aromatic rings. The molecular formula is C8H13N3O4. The van der Waals surface area contributed by atoms with E-state index in [1.165, 1.54) is 16.9 Å². The number of hydrogen-bond acceptors (Lipinski definition) is 5. The van der Waals surface area contributed by atoms with E-state index < -0.39 is 11.0 Å². The van der Waals surface area contributed by atoms with Crippen LogP contribution >= 0.6 is 0 Å². The Balaban J connectivity index is 2.46. The van der Waals surface area contributed by atoms with Crippen LogP contribution < -0.4 is 0 Å². The fourth-order valence-electron chi connectivity index (χ4n) is 1.07. The molecule has 15 heavy (non-hydrogen) atoms. The van der Waals surface area contributed by atoms with Crippen LogP contribution in [0.5, 0.6) is 0 Å². The largest absolute Gasteiger partial charge is 0.389 e. The molecule has 0 aliphatic heterocycles. The second-order valence-corrected chi connectivity index (χ2v) is 2.97. The van der Waals surface area contributed by atoms with Gasteiger partial charge in [0.2, 0.25) is 0 Å². The van der Waals surface area contributed by atoms with Crippen molar-refractivity contribution in [1.82, 2.24) is 9.78 Å². The highest BCUT2D eigenvalue weighted by molar-refractivity contribution is 5.13. The topological polar surface area (TPSA) is 90.4 Å². The van der Waals surface area contributed by atoms with Crippen LogP contribution in [-0.4, -0.2) is 39.1 Å². The quantitative estimate of drug-likeness (QED) is 0.540. The number of nitrogens with zero attached hydrogens (tertiary/aromatic N) is 3. The highest BCUT2D eigenvalue weighted by Gasteiger charge is 2.13. The van der Waals surface area contributed by atoms with Gasteiger partial charge in [-0.3, -0.25) is 0 Å². The van der Waals surface area contributed by atoms with E-state index in [9.17, 15) is 15.2 Å². The van der Waals surface area contributed by atoms with Gasteiger partial charge in [-0.1, -0.05) is 0 Å². The molecule has 7 heteroatoms. The molecule has 0 fully saturated rings. The van der Waals surface area contributed by atoms with Crippen LogP contribution in [0.4, 0.5) is 5.82 Å². The first-order chi connectivity index (χ1) is 7.13. The zero-order chi connectivity index (χ0) is 11.3. The van der Waals surface area contributed by atoms with E-state index in [1.54, 1.807) is 0 Å². The molecule has 0 aliphatic carbocycles. The molecule has 0 radical (unpaired) electrons. The summed E-state index contributed by atoms with van der Waals surface area (Å²) in [5.41, 5.74) is 0. The molecule has 0 saturated carbocycles. The van der Waals surface area contributed by atoms with Crippen molar-refractivity contribution in [2.24, 2.45) is 0 Å². The maximum Gasteiger partial charge on any atom is 0.389 e. The second-order valence-electron chi connectivity index (χ2n) is 2.97. The second kappa shape index (κ2) is 5.42. The highest BCUT2D eigenvalue weighted by atomic mass is 16.6. The first kappa shape index (κ1) is 11.6. The van der Waals surface area contributed by atoms with E-state index in [0.717, 1.165) is 0 Å². The van der Waals surface area contributed by atoms with Crippen molar-refractivity contribution in [1.29, 1.82) is 0 Å².